The van der Waals surface area contributed by atoms with Gasteiger partial charge in [-0.15, -0.1) is 0 Å². The lowest BCUT2D eigenvalue weighted by molar-refractivity contribution is -0.130. The van der Waals surface area contributed by atoms with Crippen molar-refractivity contribution in [3.8, 4) is 0 Å². The van der Waals surface area contributed by atoms with Gasteiger partial charge < -0.3 is 9.88 Å². The van der Waals surface area contributed by atoms with E-state index in [1.54, 1.807) is 0 Å². The van der Waals surface area contributed by atoms with Gasteiger partial charge >= 0.3 is 0 Å². The molecule has 3 aromatic rings. The Bertz CT molecular complexity index is 959. The third-order valence-electron chi connectivity index (χ3n) is 5.37. The SMILES string of the molecule is Cc1n[nH]c(C)c1CCC(=O)N1CC=C(c2c[nH]c3ccccc23)CC1. The van der Waals surface area contributed by atoms with Gasteiger partial charge in [0.25, 0.3) is 0 Å². The average molecular weight is 348 g/mol. The minimum absolute atomic E-state index is 0.222. The molecule has 134 valence electrons. The highest BCUT2D eigenvalue weighted by Gasteiger charge is 2.20. The van der Waals surface area contributed by atoms with Crippen molar-refractivity contribution < 1.29 is 4.79 Å². The summed E-state index contributed by atoms with van der Waals surface area (Å²) in [6, 6.07) is 8.35. The van der Waals surface area contributed by atoms with Gasteiger partial charge in [-0.05, 0) is 43.9 Å². The zero-order valence-corrected chi connectivity index (χ0v) is 15.3. The first-order chi connectivity index (χ1) is 12.6. The zero-order valence-electron chi connectivity index (χ0n) is 15.3. The molecule has 0 fully saturated rings. The Morgan fingerprint density at radius 2 is 2.12 bits per heavy atom. The van der Waals surface area contributed by atoms with Crippen LogP contribution >= 0.6 is 0 Å². The second-order valence-corrected chi connectivity index (χ2v) is 6.98. The van der Waals surface area contributed by atoms with Crippen molar-refractivity contribution in [3.63, 3.8) is 0 Å². The van der Waals surface area contributed by atoms with Gasteiger partial charge in [0.05, 0.1) is 5.69 Å². The van der Waals surface area contributed by atoms with E-state index in [4.69, 9.17) is 0 Å². The molecule has 0 saturated heterocycles. The van der Waals surface area contributed by atoms with Crippen LogP contribution in [0.2, 0.25) is 0 Å². The van der Waals surface area contributed by atoms with Crippen LogP contribution in [-0.4, -0.2) is 39.1 Å². The Kier molecular flexibility index (Phi) is 4.37. The van der Waals surface area contributed by atoms with Crippen LogP contribution in [0.4, 0.5) is 0 Å². The highest BCUT2D eigenvalue weighted by atomic mass is 16.2. The molecular weight excluding hydrogens is 324 g/mol. The van der Waals surface area contributed by atoms with E-state index in [-0.39, 0.29) is 5.91 Å². The van der Waals surface area contributed by atoms with E-state index in [2.05, 4.69) is 45.7 Å². The Balaban J connectivity index is 1.41. The molecule has 4 rings (SSSR count). The molecule has 0 spiro atoms. The van der Waals surface area contributed by atoms with Crippen LogP contribution in [0, 0.1) is 13.8 Å². The molecule has 0 unspecified atom stereocenters. The molecule has 2 N–H and O–H groups in total. The van der Waals surface area contributed by atoms with E-state index in [0.717, 1.165) is 36.3 Å². The number of nitrogens with zero attached hydrogens (tertiary/aromatic N) is 2. The molecule has 1 aliphatic rings. The summed E-state index contributed by atoms with van der Waals surface area (Å²) in [7, 11) is 0. The van der Waals surface area contributed by atoms with Crippen LogP contribution < -0.4 is 0 Å². The number of carbonyl (C=O) groups excluding carboxylic acids is 1. The van der Waals surface area contributed by atoms with Gasteiger partial charge in [-0.2, -0.15) is 5.10 Å². The summed E-state index contributed by atoms with van der Waals surface area (Å²) in [4.78, 5) is 17.9. The van der Waals surface area contributed by atoms with Gasteiger partial charge in [0.15, 0.2) is 0 Å². The Hall–Kier alpha value is -2.82. The summed E-state index contributed by atoms with van der Waals surface area (Å²) in [5, 5.41) is 8.45. The number of fused-ring (bicyclic) bond motifs is 1. The lowest BCUT2D eigenvalue weighted by Gasteiger charge is -2.26. The van der Waals surface area contributed by atoms with Crippen LogP contribution in [0.15, 0.2) is 36.5 Å². The van der Waals surface area contributed by atoms with Crippen LogP contribution in [0.25, 0.3) is 16.5 Å². The summed E-state index contributed by atoms with van der Waals surface area (Å²) < 4.78 is 0. The highest BCUT2D eigenvalue weighted by molar-refractivity contribution is 5.93. The van der Waals surface area contributed by atoms with Crippen molar-refractivity contribution in [1.82, 2.24) is 20.1 Å². The van der Waals surface area contributed by atoms with Gasteiger partial charge in [-0.3, -0.25) is 9.89 Å². The Labute approximate surface area is 153 Å². The summed E-state index contributed by atoms with van der Waals surface area (Å²) in [5.74, 6) is 0.222. The number of hydrogen-bond donors (Lipinski definition) is 2. The number of aromatic nitrogens is 3. The monoisotopic (exact) mass is 348 g/mol. The predicted octanol–water partition coefficient (Wildman–Crippen LogP) is 3.76. The Morgan fingerprint density at radius 3 is 2.85 bits per heavy atom. The number of aromatic amines is 2. The zero-order chi connectivity index (χ0) is 18.1. The van der Waals surface area contributed by atoms with Gasteiger partial charge in [0.2, 0.25) is 5.91 Å². The van der Waals surface area contributed by atoms with Crippen LogP contribution in [0.3, 0.4) is 0 Å². The first-order valence-electron chi connectivity index (χ1n) is 9.17. The number of carbonyl (C=O) groups is 1. The molecular formula is C21H24N4O. The first kappa shape index (κ1) is 16.6. The maximum atomic E-state index is 12.6. The van der Waals surface area contributed by atoms with Gasteiger partial charge in [0, 0.05) is 47.9 Å². The van der Waals surface area contributed by atoms with E-state index in [9.17, 15) is 4.79 Å². The van der Waals surface area contributed by atoms with E-state index in [1.807, 2.05) is 24.8 Å². The normalized spacial score (nSPS) is 14.7. The lowest BCUT2D eigenvalue weighted by atomic mass is 9.98. The van der Waals surface area contributed by atoms with Crippen molar-refractivity contribution in [1.29, 1.82) is 0 Å². The smallest absolute Gasteiger partial charge is 0.223 e. The summed E-state index contributed by atoms with van der Waals surface area (Å²) >= 11 is 0. The minimum atomic E-state index is 0.222. The van der Waals surface area contributed by atoms with Crippen molar-refractivity contribution >= 4 is 22.4 Å². The summed E-state index contributed by atoms with van der Waals surface area (Å²) in [6.45, 7) is 5.47. The molecule has 3 heterocycles. The molecule has 0 bridgehead atoms. The van der Waals surface area contributed by atoms with E-state index in [1.165, 1.54) is 22.1 Å². The molecule has 0 aliphatic carbocycles. The van der Waals surface area contributed by atoms with E-state index in [0.29, 0.717) is 13.0 Å². The van der Waals surface area contributed by atoms with E-state index < -0.39 is 0 Å². The first-order valence-corrected chi connectivity index (χ1v) is 9.17. The second kappa shape index (κ2) is 6.83. The third-order valence-corrected chi connectivity index (χ3v) is 5.37. The number of aryl methyl sites for hydroxylation is 2. The number of rotatable bonds is 4. The van der Waals surface area contributed by atoms with Crippen LogP contribution in [0.1, 0.15) is 35.4 Å². The van der Waals surface area contributed by atoms with Crippen molar-refractivity contribution in [2.45, 2.75) is 33.1 Å². The Morgan fingerprint density at radius 1 is 1.27 bits per heavy atom. The number of hydrogen-bond acceptors (Lipinski definition) is 2. The van der Waals surface area contributed by atoms with Crippen molar-refractivity contribution in [2.75, 3.05) is 13.1 Å². The maximum absolute atomic E-state index is 12.6. The molecule has 5 heteroatoms. The topological polar surface area (TPSA) is 64.8 Å². The molecule has 1 aromatic carbocycles. The fraction of sp³-hybridized carbons (Fsp3) is 0.333. The number of amides is 1. The fourth-order valence-corrected chi connectivity index (χ4v) is 3.81. The van der Waals surface area contributed by atoms with E-state index >= 15 is 0 Å². The van der Waals surface area contributed by atoms with Crippen molar-refractivity contribution in [3.05, 3.63) is 59.1 Å². The minimum Gasteiger partial charge on any atom is -0.361 e. The summed E-state index contributed by atoms with van der Waals surface area (Å²) in [6.07, 6.45) is 6.47. The maximum Gasteiger partial charge on any atom is 0.223 e. The third kappa shape index (κ3) is 3.05. The quantitative estimate of drug-likeness (QED) is 0.754. The van der Waals surface area contributed by atoms with Gasteiger partial charge in [0.1, 0.15) is 0 Å². The van der Waals surface area contributed by atoms with Crippen LogP contribution in [0.5, 0.6) is 0 Å². The van der Waals surface area contributed by atoms with Crippen LogP contribution in [-0.2, 0) is 11.2 Å². The highest BCUT2D eigenvalue weighted by Crippen LogP contribution is 2.29. The standard InChI is InChI=1S/C21H24N4O/c1-14-17(15(2)24-23-14)7-8-21(26)25-11-9-16(10-12-25)19-13-22-20-6-4-3-5-18(19)20/h3-6,9,13,22H,7-8,10-12H2,1-2H3,(H,23,24). The lowest BCUT2D eigenvalue weighted by Crippen LogP contribution is -2.34. The average Bonchev–Trinajstić information content (AvgIpc) is 3.23. The molecule has 0 atom stereocenters. The second-order valence-electron chi connectivity index (χ2n) is 6.98. The fourth-order valence-electron chi connectivity index (χ4n) is 3.81. The summed E-state index contributed by atoms with van der Waals surface area (Å²) in [5.41, 5.74) is 6.98. The predicted molar refractivity (Wildman–Crippen MR) is 104 cm³/mol. The molecule has 2 aromatic heterocycles. The molecule has 0 radical (unpaired) electrons. The molecule has 5 nitrogen and oxygen atoms in total. The van der Waals surface area contributed by atoms with Crippen molar-refractivity contribution in [2.24, 2.45) is 0 Å². The van der Waals surface area contributed by atoms with Gasteiger partial charge in [-0.25, -0.2) is 0 Å². The number of H-pyrrole nitrogens is 2. The van der Waals surface area contributed by atoms with Gasteiger partial charge in [-0.1, -0.05) is 24.3 Å². The molecule has 1 amide bonds. The molecule has 26 heavy (non-hydrogen) atoms. The number of nitrogens with one attached hydrogen (secondary N) is 2. The number of para-hydroxylation sites is 1. The molecule has 1 aliphatic heterocycles. The molecule has 0 saturated carbocycles. The number of benzene rings is 1. The largest absolute Gasteiger partial charge is 0.361 e.